The summed E-state index contributed by atoms with van der Waals surface area (Å²) >= 11 is 0. The minimum absolute atomic E-state index is 0.0668. The number of carbonyl (C=O) groups excluding carboxylic acids is 2. The van der Waals surface area contributed by atoms with Gasteiger partial charge in [-0.3, -0.25) is 9.59 Å². The van der Waals surface area contributed by atoms with E-state index in [1.807, 2.05) is 31.2 Å². The van der Waals surface area contributed by atoms with Crippen LogP contribution in [0.1, 0.15) is 44.2 Å². The van der Waals surface area contributed by atoms with E-state index in [-0.39, 0.29) is 30.4 Å². The molecule has 1 saturated heterocycles. The lowest BCUT2D eigenvalue weighted by Crippen LogP contribution is -2.47. The number of hydrogen-bond acceptors (Lipinski definition) is 3. The van der Waals surface area contributed by atoms with Gasteiger partial charge in [0, 0.05) is 24.7 Å². The molecule has 2 aliphatic rings. The fraction of sp³-hybridized carbons (Fsp3) is 0.526. The number of urea groups is 1. The number of carboxylic acid groups (broad SMARTS) is 1. The smallest absolute Gasteiger partial charge is 0.317 e. The minimum atomic E-state index is -0.848. The molecule has 3 amide bonds. The Kier molecular flexibility index (Phi) is 5.44. The Hall–Kier alpha value is -2.57. The van der Waals surface area contributed by atoms with Crippen LogP contribution in [-0.2, 0) is 9.59 Å². The fourth-order valence-corrected chi connectivity index (χ4v) is 3.17. The maximum Gasteiger partial charge on any atom is 0.317 e. The van der Waals surface area contributed by atoms with Crippen LogP contribution < -0.4 is 10.6 Å². The average molecular weight is 359 g/mol. The van der Waals surface area contributed by atoms with Gasteiger partial charge >= 0.3 is 12.0 Å². The van der Waals surface area contributed by atoms with Gasteiger partial charge in [-0.15, -0.1) is 0 Å². The van der Waals surface area contributed by atoms with Gasteiger partial charge in [0.1, 0.15) is 0 Å². The topological polar surface area (TPSA) is 98.7 Å². The Bertz CT molecular complexity index is 685. The number of anilines is 1. The third kappa shape index (κ3) is 4.53. The molecule has 2 unspecified atom stereocenters. The summed E-state index contributed by atoms with van der Waals surface area (Å²) in [5.74, 6) is -1.11. The molecule has 1 heterocycles. The van der Waals surface area contributed by atoms with Crippen molar-refractivity contribution >= 4 is 23.6 Å². The van der Waals surface area contributed by atoms with Crippen LogP contribution in [0.4, 0.5) is 10.5 Å². The molecular formula is C19H25N3O4. The molecule has 140 valence electrons. The zero-order valence-electron chi connectivity index (χ0n) is 14.9. The second-order valence-corrected chi connectivity index (χ2v) is 7.18. The number of nitrogens with one attached hydrogen (secondary N) is 2. The molecule has 7 heteroatoms. The van der Waals surface area contributed by atoms with Crippen molar-refractivity contribution in [3.63, 3.8) is 0 Å². The Morgan fingerprint density at radius 1 is 1.12 bits per heavy atom. The van der Waals surface area contributed by atoms with Crippen LogP contribution >= 0.6 is 0 Å². The number of aliphatic carboxylic acids is 1. The molecule has 1 saturated carbocycles. The highest BCUT2D eigenvalue weighted by molar-refractivity contribution is 5.94. The van der Waals surface area contributed by atoms with Crippen molar-refractivity contribution in [2.24, 2.45) is 11.8 Å². The van der Waals surface area contributed by atoms with Gasteiger partial charge in [0.15, 0.2) is 0 Å². The molecule has 26 heavy (non-hydrogen) atoms. The number of hydrogen-bond donors (Lipinski definition) is 3. The molecule has 0 spiro atoms. The number of likely N-dealkylation sites (tertiary alicyclic amines) is 1. The largest absolute Gasteiger partial charge is 0.481 e. The maximum atomic E-state index is 12.4. The molecule has 3 N–H and O–H groups in total. The van der Waals surface area contributed by atoms with Crippen LogP contribution in [0.3, 0.4) is 0 Å². The zero-order valence-corrected chi connectivity index (χ0v) is 14.9. The van der Waals surface area contributed by atoms with E-state index in [9.17, 15) is 14.4 Å². The van der Waals surface area contributed by atoms with Crippen molar-refractivity contribution in [3.8, 4) is 0 Å². The lowest BCUT2D eigenvalue weighted by atomic mass is 9.98. The third-order valence-corrected chi connectivity index (χ3v) is 5.02. The van der Waals surface area contributed by atoms with Crippen LogP contribution in [0.15, 0.2) is 24.3 Å². The zero-order chi connectivity index (χ0) is 18.7. The summed E-state index contributed by atoms with van der Waals surface area (Å²) < 4.78 is 0. The number of benzene rings is 1. The molecule has 2 atom stereocenters. The van der Waals surface area contributed by atoms with Gasteiger partial charge in [-0.1, -0.05) is 12.1 Å². The summed E-state index contributed by atoms with van der Waals surface area (Å²) in [5.41, 5.74) is 1.68. The van der Waals surface area contributed by atoms with Gasteiger partial charge in [-0.2, -0.15) is 0 Å². The maximum absolute atomic E-state index is 12.4. The van der Waals surface area contributed by atoms with Crippen molar-refractivity contribution < 1.29 is 19.5 Å². The van der Waals surface area contributed by atoms with Crippen LogP contribution in [0, 0.1) is 11.8 Å². The van der Waals surface area contributed by atoms with Crippen LogP contribution in [-0.4, -0.2) is 41.0 Å². The lowest BCUT2D eigenvalue weighted by molar-refractivity contribution is -0.143. The SMILES string of the molecule is CC(NC(=O)N1CCCC(C(=O)O)C1)c1ccc(NC(=O)C2CC2)cc1. The monoisotopic (exact) mass is 359 g/mol. The molecule has 0 radical (unpaired) electrons. The van der Waals surface area contributed by atoms with E-state index < -0.39 is 11.9 Å². The first-order valence-electron chi connectivity index (χ1n) is 9.13. The molecule has 7 nitrogen and oxygen atoms in total. The molecule has 1 aliphatic carbocycles. The summed E-state index contributed by atoms with van der Waals surface area (Å²) in [6, 6.07) is 6.97. The van der Waals surface area contributed by atoms with E-state index >= 15 is 0 Å². The summed E-state index contributed by atoms with van der Waals surface area (Å²) in [4.78, 5) is 36.9. The Morgan fingerprint density at radius 3 is 2.42 bits per heavy atom. The van der Waals surface area contributed by atoms with E-state index in [1.54, 1.807) is 4.90 Å². The minimum Gasteiger partial charge on any atom is -0.481 e. The van der Waals surface area contributed by atoms with E-state index in [1.165, 1.54) is 0 Å². The fourth-order valence-electron chi connectivity index (χ4n) is 3.17. The normalized spacial score (nSPS) is 21.0. The summed E-state index contributed by atoms with van der Waals surface area (Å²) in [7, 11) is 0. The molecular weight excluding hydrogens is 334 g/mol. The summed E-state index contributed by atoms with van der Waals surface area (Å²) in [5, 5.41) is 14.9. The van der Waals surface area contributed by atoms with Crippen LogP contribution in [0.2, 0.25) is 0 Å². The molecule has 0 bridgehead atoms. The van der Waals surface area contributed by atoms with Crippen molar-refractivity contribution in [3.05, 3.63) is 29.8 Å². The van der Waals surface area contributed by atoms with E-state index in [4.69, 9.17) is 5.11 Å². The average Bonchev–Trinajstić information content (AvgIpc) is 3.47. The van der Waals surface area contributed by atoms with Crippen LogP contribution in [0.5, 0.6) is 0 Å². The number of rotatable bonds is 5. The molecule has 0 aromatic heterocycles. The highest BCUT2D eigenvalue weighted by Crippen LogP contribution is 2.30. The van der Waals surface area contributed by atoms with Crippen molar-refractivity contribution in [1.82, 2.24) is 10.2 Å². The Morgan fingerprint density at radius 2 is 1.81 bits per heavy atom. The second kappa shape index (κ2) is 7.76. The van der Waals surface area contributed by atoms with Gasteiger partial charge in [0.05, 0.1) is 12.0 Å². The number of nitrogens with zero attached hydrogens (tertiary/aromatic N) is 1. The molecule has 1 aromatic carbocycles. The first-order chi connectivity index (χ1) is 12.4. The Balaban J connectivity index is 1.53. The van der Waals surface area contributed by atoms with Gasteiger partial charge in [0.2, 0.25) is 5.91 Å². The summed E-state index contributed by atoms with van der Waals surface area (Å²) in [6.45, 7) is 2.71. The highest BCUT2D eigenvalue weighted by atomic mass is 16.4. The van der Waals surface area contributed by atoms with Gasteiger partial charge in [-0.05, 0) is 50.3 Å². The number of piperidine rings is 1. The standard InChI is InChI=1S/C19H25N3O4/c1-12(20-19(26)22-10-2-3-15(11-22)18(24)25)13-6-8-16(9-7-13)21-17(23)14-4-5-14/h6-9,12,14-15H,2-5,10-11H2,1H3,(H,20,26)(H,21,23)(H,24,25). The number of carboxylic acids is 1. The van der Waals surface area contributed by atoms with E-state index in [2.05, 4.69) is 10.6 Å². The molecule has 3 rings (SSSR count). The predicted octanol–water partition coefficient (Wildman–Crippen LogP) is 2.60. The van der Waals surface area contributed by atoms with Crippen molar-refractivity contribution in [1.29, 1.82) is 0 Å². The quantitative estimate of drug-likeness (QED) is 0.752. The van der Waals surface area contributed by atoms with Crippen molar-refractivity contribution in [2.45, 2.75) is 38.6 Å². The molecule has 1 aliphatic heterocycles. The van der Waals surface area contributed by atoms with Gasteiger partial charge in [-0.25, -0.2) is 4.79 Å². The first kappa shape index (κ1) is 18.2. The lowest BCUT2D eigenvalue weighted by Gasteiger charge is -2.31. The van der Waals surface area contributed by atoms with Crippen molar-refractivity contribution in [2.75, 3.05) is 18.4 Å². The van der Waals surface area contributed by atoms with Crippen LogP contribution in [0.25, 0.3) is 0 Å². The van der Waals surface area contributed by atoms with Gasteiger partial charge < -0.3 is 20.6 Å². The summed E-state index contributed by atoms with van der Waals surface area (Å²) in [6.07, 6.45) is 3.25. The number of carbonyl (C=O) groups is 3. The molecule has 2 fully saturated rings. The second-order valence-electron chi connectivity index (χ2n) is 7.18. The predicted molar refractivity (Wildman–Crippen MR) is 96.7 cm³/mol. The number of amides is 3. The third-order valence-electron chi connectivity index (χ3n) is 5.02. The highest BCUT2D eigenvalue weighted by Gasteiger charge is 2.30. The first-order valence-corrected chi connectivity index (χ1v) is 9.13. The van der Waals surface area contributed by atoms with E-state index in [0.29, 0.717) is 19.4 Å². The molecule has 1 aromatic rings. The van der Waals surface area contributed by atoms with Gasteiger partial charge in [0.25, 0.3) is 0 Å². The Labute approximate surface area is 152 Å². The van der Waals surface area contributed by atoms with E-state index in [0.717, 1.165) is 24.1 Å².